The summed E-state index contributed by atoms with van der Waals surface area (Å²) in [6.45, 7) is 2.18. The Kier molecular flexibility index (Phi) is 5.52. The zero-order valence-electron chi connectivity index (χ0n) is 16.4. The van der Waals surface area contributed by atoms with E-state index < -0.39 is 0 Å². The Morgan fingerprint density at radius 3 is 2.50 bits per heavy atom. The third-order valence-corrected chi connectivity index (χ3v) is 4.77. The number of aromatic nitrogens is 3. The van der Waals surface area contributed by atoms with Gasteiger partial charge >= 0.3 is 0 Å². The maximum Gasteiger partial charge on any atom is 0.288 e. The SMILES string of the molecule is CC(NC(=O)c1nc(C(=O)NCc2ccccn2)c2ccccn12)c1ccccc1. The molecule has 0 aliphatic heterocycles. The number of imidazole rings is 1. The summed E-state index contributed by atoms with van der Waals surface area (Å²) in [5.41, 5.74) is 2.49. The number of hydrogen-bond donors (Lipinski definition) is 2. The lowest BCUT2D eigenvalue weighted by Crippen LogP contribution is -2.28. The van der Waals surface area contributed by atoms with E-state index in [0.717, 1.165) is 11.3 Å². The van der Waals surface area contributed by atoms with Crippen LogP contribution in [0.2, 0.25) is 0 Å². The van der Waals surface area contributed by atoms with Crippen LogP contribution in [0.3, 0.4) is 0 Å². The molecule has 2 N–H and O–H groups in total. The molecule has 0 fully saturated rings. The molecular weight excluding hydrogens is 378 g/mol. The summed E-state index contributed by atoms with van der Waals surface area (Å²) < 4.78 is 1.63. The first-order chi connectivity index (χ1) is 14.6. The van der Waals surface area contributed by atoms with Crippen molar-refractivity contribution in [2.45, 2.75) is 19.5 Å². The number of benzene rings is 1. The molecule has 1 atom stereocenters. The number of fused-ring (bicyclic) bond motifs is 1. The van der Waals surface area contributed by atoms with Crippen molar-refractivity contribution in [1.82, 2.24) is 25.0 Å². The molecule has 2 amide bonds. The predicted molar refractivity (Wildman–Crippen MR) is 113 cm³/mol. The van der Waals surface area contributed by atoms with Gasteiger partial charge in [0.25, 0.3) is 11.8 Å². The Hall–Kier alpha value is -4.00. The molecule has 1 aromatic carbocycles. The van der Waals surface area contributed by atoms with Crippen LogP contribution in [0.1, 0.15) is 45.3 Å². The summed E-state index contributed by atoms with van der Waals surface area (Å²) in [6, 6.07) is 20.3. The van der Waals surface area contributed by atoms with E-state index in [1.165, 1.54) is 0 Å². The second kappa shape index (κ2) is 8.57. The number of carbonyl (C=O) groups is 2. The van der Waals surface area contributed by atoms with Crippen molar-refractivity contribution < 1.29 is 9.59 Å². The van der Waals surface area contributed by atoms with Crippen LogP contribution >= 0.6 is 0 Å². The molecule has 0 saturated carbocycles. The van der Waals surface area contributed by atoms with Gasteiger partial charge in [-0.1, -0.05) is 42.5 Å². The van der Waals surface area contributed by atoms with E-state index in [4.69, 9.17) is 0 Å². The lowest BCUT2D eigenvalue weighted by molar-refractivity contribution is 0.0928. The summed E-state index contributed by atoms with van der Waals surface area (Å²) in [4.78, 5) is 34.3. The lowest BCUT2D eigenvalue weighted by Gasteiger charge is -2.13. The topological polar surface area (TPSA) is 88.4 Å². The zero-order valence-corrected chi connectivity index (χ0v) is 16.4. The van der Waals surface area contributed by atoms with Crippen LogP contribution in [0.15, 0.2) is 79.1 Å². The molecule has 0 aliphatic rings. The maximum atomic E-state index is 12.9. The number of nitrogens with one attached hydrogen (secondary N) is 2. The summed E-state index contributed by atoms with van der Waals surface area (Å²) >= 11 is 0. The van der Waals surface area contributed by atoms with Crippen molar-refractivity contribution in [3.05, 3.63) is 102 Å². The van der Waals surface area contributed by atoms with Gasteiger partial charge in [0.05, 0.1) is 23.8 Å². The molecule has 0 bridgehead atoms. The van der Waals surface area contributed by atoms with Gasteiger partial charge in [0, 0.05) is 12.4 Å². The van der Waals surface area contributed by atoms with Gasteiger partial charge in [-0.15, -0.1) is 0 Å². The molecule has 0 aliphatic carbocycles. The summed E-state index contributed by atoms with van der Waals surface area (Å²) in [6.07, 6.45) is 3.39. The van der Waals surface area contributed by atoms with Crippen molar-refractivity contribution in [3.8, 4) is 0 Å². The van der Waals surface area contributed by atoms with Crippen molar-refractivity contribution in [2.24, 2.45) is 0 Å². The number of hydrogen-bond acceptors (Lipinski definition) is 4. The summed E-state index contributed by atoms with van der Waals surface area (Å²) in [7, 11) is 0. The van der Waals surface area contributed by atoms with E-state index in [-0.39, 0.29) is 35.9 Å². The first-order valence-corrected chi connectivity index (χ1v) is 9.64. The van der Waals surface area contributed by atoms with Gasteiger partial charge in [0.2, 0.25) is 5.82 Å². The number of pyridine rings is 2. The number of carbonyl (C=O) groups excluding carboxylic acids is 2. The van der Waals surface area contributed by atoms with Crippen molar-refractivity contribution >= 4 is 17.3 Å². The van der Waals surface area contributed by atoms with E-state index in [0.29, 0.717) is 5.52 Å². The minimum atomic E-state index is -0.362. The highest BCUT2D eigenvalue weighted by Crippen LogP contribution is 2.16. The van der Waals surface area contributed by atoms with Crippen molar-refractivity contribution in [3.63, 3.8) is 0 Å². The van der Waals surface area contributed by atoms with Gasteiger partial charge in [-0.2, -0.15) is 0 Å². The quantitative estimate of drug-likeness (QED) is 0.521. The fraction of sp³-hybridized carbons (Fsp3) is 0.130. The maximum absolute atomic E-state index is 12.9. The third-order valence-electron chi connectivity index (χ3n) is 4.77. The first-order valence-electron chi connectivity index (χ1n) is 9.64. The zero-order chi connectivity index (χ0) is 20.9. The van der Waals surface area contributed by atoms with E-state index in [9.17, 15) is 9.59 Å². The van der Waals surface area contributed by atoms with Crippen LogP contribution in [0.25, 0.3) is 5.52 Å². The average molecular weight is 399 g/mol. The molecular formula is C23H21N5O2. The highest BCUT2D eigenvalue weighted by molar-refractivity contribution is 6.02. The predicted octanol–water partition coefficient (Wildman–Crippen LogP) is 3.15. The summed E-state index contributed by atoms with van der Waals surface area (Å²) in [5.74, 6) is -0.549. The van der Waals surface area contributed by atoms with Crippen LogP contribution < -0.4 is 10.6 Å². The Labute approximate surface area is 173 Å². The third kappa shape index (κ3) is 4.05. The molecule has 4 aromatic rings. The first kappa shape index (κ1) is 19.3. The molecule has 4 rings (SSSR count). The highest BCUT2D eigenvalue weighted by Gasteiger charge is 2.22. The molecule has 7 heteroatoms. The Bertz CT molecular complexity index is 1170. The Balaban J connectivity index is 1.57. The fourth-order valence-corrected chi connectivity index (χ4v) is 3.21. The van der Waals surface area contributed by atoms with Crippen LogP contribution in [0.5, 0.6) is 0 Å². The monoisotopic (exact) mass is 399 g/mol. The van der Waals surface area contributed by atoms with Crippen LogP contribution in [0, 0.1) is 0 Å². The van der Waals surface area contributed by atoms with Crippen LogP contribution in [0.4, 0.5) is 0 Å². The largest absolute Gasteiger partial charge is 0.345 e. The van der Waals surface area contributed by atoms with E-state index in [1.807, 2.05) is 55.5 Å². The standard InChI is InChI=1S/C23H21N5O2/c1-16(17-9-3-2-4-10-17)26-23(30)21-27-20(19-12-6-8-14-28(19)21)22(29)25-15-18-11-5-7-13-24-18/h2-14,16H,15H2,1H3,(H,25,29)(H,26,30). The minimum absolute atomic E-state index is 0.163. The van der Waals surface area contributed by atoms with Gasteiger partial charge in [0.1, 0.15) is 0 Å². The van der Waals surface area contributed by atoms with Gasteiger partial charge in [-0.3, -0.25) is 19.0 Å². The van der Waals surface area contributed by atoms with Gasteiger partial charge < -0.3 is 10.6 Å². The average Bonchev–Trinajstić information content (AvgIpc) is 3.19. The number of rotatable bonds is 6. The number of amides is 2. The lowest BCUT2D eigenvalue weighted by atomic mass is 10.1. The van der Waals surface area contributed by atoms with Crippen molar-refractivity contribution in [1.29, 1.82) is 0 Å². The van der Waals surface area contributed by atoms with Crippen molar-refractivity contribution in [2.75, 3.05) is 0 Å². The summed E-state index contributed by atoms with van der Waals surface area (Å²) in [5, 5.41) is 5.77. The second-order valence-corrected chi connectivity index (χ2v) is 6.85. The fourth-order valence-electron chi connectivity index (χ4n) is 3.21. The van der Waals surface area contributed by atoms with Crippen LogP contribution in [-0.2, 0) is 6.54 Å². The van der Waals surface area contributed by atoms with E-state index >= 15 is 0 Å². The minimum Gasteiger partial charge on any atom is -0.345 e. The highest BCUT2D eigenvalue weighted by atomic mass is 16.2. The molecule has 3 heterocycles. The van der Waals surface area contributed by atoms with Gasteiger partial charge in [-0.25, -0.2) is 4.98 Å². The number of nitrogens with zero attached hydrogens (tertiary/aromatic N) is 3. The Morgan fingerprint density at radius 1 is 0.967 bits per heavy atom. The normalized spacial score (nSPS) is 11.8. The molecule has 0 saturated heterocycles. The van der Waals surface area contributed by atoms with Gasteiger partial charge in [0.15, 0.2) is 5.69 Å². The molecule has 7 nitrogen and oxygen atoms in total. The molecule has 150 valence electrons. The smallest absolute Gasteiger partial charge is 0.288 e. The van der Waals surface area contributed by atoms with Gasteiger partial charge in [-0.05, 0) is 36.8 Å². The van der Waals surface area contributed by atoms with E-state index in [1.54, 1.807) is 35.0 Å². The molecule has 3 aromatic heterocycles. The molecule has 0 spiro atoms. The Morgan fingerprint density at radius 2 is 1.73 bits per heavy atom. The molecule has 0 radical (unpaired) electrons. The van der Waals surface area contributed by atoms with Crippen LogP contribution in [-0.4, -0.2) is 26.2 Å². The van der Waals surface area contributed by atoms with E-state index in [2.05, 4.69) is 20.6 Å². The second-order valence-electron chi connectivity index (χ2n) is 6.85. The molecule has 30 heavy (non-hydrogen) atoms. The molecule has 1 unspecified atom stereocenters.